The van der Waals surface area contributed by atoms with Gasteiger partial charge in [-0.2, -0.15) is 0 Å². The van der Waals surface area contributed by atoms with E-state index in [0.717, 1.165) is 5.56 Å². The molecule has 1 rings (SSSR count). The van der Waals surface area contributed by atoms with E-state index in [2.05, 4.69) is 10.6 Å². The number of benzene rings is 1. The summed E-state index contributed by atoms with van der Waals surface area (Å²) >= 11 is 11.0. The Bertz CT molecular complexity index is 421. The number of hydrogen-bond acceptors (Lipinski definition) is 2. The van der Waals surface area contributed by atoms with Gasteiger partial charge in [-0.15, -0.1) is 11.6 Å². The fourth-order valence-electron chi connectivity index (χ4n) is 1.08. The number of halogens is 2. The number of amides is 3. The summed E-state index contributed by atoms with van der Waals surface area (Å²) in [6.07, 6.45) is 0. The standard InChI is InChI=1S/C10H10Cl2N2O2/c1-6-4-7(12)2-3-8(6)13-10(16)14-9(15)5-11/h2-4H,5H2,1H3,(H2,13,14,15,16). The molecule has 0 unspecified atom stereocenters. The Hall–Kier alpha value is -1.26. The van der Waals surface area contributed by atoms with Crippen LogP contribution >= 0.6 is 23.2 Å². The van der Waals surface area contributed by atoms with Gasteiger partial charge >= 0.3 is 6.03 Å². The number of imide groups is 1. The number of carbonyl (C=O) groups is 2. The highest BCUT2D eigenvalue weighted by Crippen LogP contribution is 2.19. The normalized spacial score (nSPS) is 9.69. The third-order valence-electron chi connectivity index (χ3n) is 1.81. The van der Waals surface area contributed by atoms with Crippen molar-refractivity contribution >= 4 is 40.8 Å². The summed E-state index contributed by atoms with van der Waals surface area (Å²) < 4.78 is 0. The van der Waals surface area contributed by atoms with Gasteiger partial charge < -0.3 is 5.32 Å². The number of aryl methyl sites for hydroxylation is 1. The van der Waals surface area contributed by atoms with Crippen molar-refractivity contribution in [2.75, 3.05) is 11.2 Å². The third kappa shape index (κ3) is 3.72. The molecule has 0 aliphatic rings. The van der Waals surface area contributed by atoms with Crippen LogP contribution in [0.3, 0.4) is 0 Å². The summed E-state index contributed by atoms with van der Waals surface area (Å²) in [5.74, 6) is -0.807. The van der Waals surface area contributed by atoms with Gasteiger partial charge in [-0.05, 0) is 30.7 Å². The zero-order chi connectivity index (χ0) is 12.1. The van der Waals surface area contributed by atoms with E-state index >= 15 is 0 Å². The molecular weight excluding hydrogens is 251 g/mol. The van der Waals surface area contributed by atoms with Gasteiger partial charge in [0, 0.05) is 10.7 Å². The Morgan fingerprint density at radius 3 is 2.62 bits per heavy atom. The van der Waals surface area contributed by atoms with E-state index in [4.69, 9.17) is 23.2 Å². The first-order chi connectivity index (χ1) is 7.52. The predicted molar refractivity (Wildman–Crippen MR) is 64.1 cm³/mol. The molecule has 0 spiro atoms. The number of rotatable bonds is 2. The van der Waals surface area contributed by atoms with Crippen LogP contribution in [0.1, 0.15) is 5.56 Å². The maximum absolute atomic E-state index is 11.3. The number of urea groups is 1. The van der Waals surface area contributed by atoms with Crippen LogP contribution in [-0.4, -0.2) is 17.8 Å². The fourth-order valence-corrected chi connectivity index (χ4v) is 1.37. The van der Waals surface area contributed by atoms with Crippen molar-refractivity contribution in [1.29, 1.82) is 0 Å². The molecule has 0 aromatic heterocycles. The maximum atomic E-state index is 11.3. The zero-order valence-electron chi connectivity index (χ0n) is 8.51. The first kappa shape index (κ1) is 12.8. The summed E-state index contributed by atoms with van der Waals surface area (Å²) in [5, 5.41) is 5.16. The van der Waals surface area contributed by atoms with E-state index in [1.165, 1.54) is 0 Å². The van der Waals surface area contributed by atoms with Crippen LogP contribution < -0.4 is 10.6 Å². The van der Waals surface area contributed by atoms with Crippen molar-refractivity contribution in [3.8, 4) is 0 Å². The predicted octanol–water partition coefficient (Wildman–Crippen LogP) is 2.54. The minimum atomic E-state index is -0.615. The van der Waals surface area contributed by atoms with Gasteiger partial charge in [0.15, 0.2) is 0 Å². The number of carbonyl (C=O) groups excluding carboxylic acids is 2. The lowest BCUT2D eigenvalue weighted by Gasteiger charge is -2.08. The second kappa shape index (κ2) is 5.72. The molecule has 3 amide bonds. The molecule has 0 aliphatic carbocycles. The lowest BCUT2D eigenvalue weighted by Crippen LogP contribution is -2.35. The monoisotopic (exact) mass is 260 g/mol. The molecule has 0 heterocycles. The first-order valence-corrected chi connectivity index (χ1v) is 5.37. The highest BCUT2D eigenvalue weighted by molar-refractivity contribution is 6.30. The van der Waals surface area contributed by atoms with Crippen LogP contribution in [0.25, 0.3) is 0 Å². The Labute approximate surface area is 103 Å². The van der Waals surface area contributed by atoms with Crippen molar-refractivity contribution in [3.63, 3.8) is 0 Å². The van der Waals surface area contributed by atoms with E-state index in [-0.39, 0.29) is 5.88 Å². The first-order valence-electron chi connectivity index (χ1n) is 4.46. The molecular formula is C10H10Cl2N2O2. The van der Waals surface area contributed by atoms with Gasteiger partial charge in [0.2, 0.25) is 5.91 Å². The molecule has 16 heavy (non-hydrogen) atoms. The molecule has 0 bridgehead atoms. The summed E-state index contributed by atoms with van der Waals surface area (Å²) in [6, 6.07) is 4.40. The summed E-state index contributed by atoms with van der Waals surface area (Å²) in [5.41, 5.74) is 1.39. The van der Waals surface area contributed by atoms with Crippen LogP contribution in [0.4, 0.5) is 10.5 Å². The van der Waals surface area contributed by atoms with Crippen molar-refractivity contribution in [1.82, 2.24) is 5.32 Å². The minimum absolute atomic E-state index is 0.257. The van der Waals surface area contributed by atoms with Crippen molar-refractivity contribution in [3.05, 3.63) is 28.8 Å². The van der Waals surface area contributed by atoms with Crippen LogP contribution in [0.15, 0.2) is 18.2 Å². The Balaban J connectivity index is 2.66. The van der Waals surface area contributed by atoms with Crippen LogP contribution in [0.2, 0.25) is 5.02 Å². The third-order valence-corrected chi connectivity index (χ3v) is 2.29. The molecule has 2 N–H and O–H groups in total. The molecule has 86 valence electrons. The lowest BCUT2D eigenvalue weighted by molar-refractivity contribution is -0.117. The molecule has 4 nitrogen and oxygen atoms in total. The summed E-state index contributed by atoms with van der Waals surface area (Å²) in [4.78, 5) is 22.1. The number of anilines is 1. The second-order valence-corrected chi connectivity index (χ2v) is 3.80. The largest absolute Gasteiger partial charge is 0.325 e. The molecule has 0 fully saturated rings. The molecule has 0 saturated heterocycles. The molecule has 1 aromatic rings. The highest BCUT2D eigenvalue weighted by Gasteiger charge is 2.07. The topological polar surface area (TPSA) is 58.2 Å². The lowest BCUT2D eigenvalue weighted by atomic mass is 10.2. The van der Waals surface area contributed by atoms with Crippen LogP contribution in [-0.2, 0) is 4.79 Å². The van der Waals surface area contributed by atoms with E-state index in [1.54, 1.807) is 25.1 Å². The second-order valence-electron chi connectivity index (χ2n) is 3.10. The molecule has 6 heteroatoms. The Morgan fingerprint density at radius 2 is 2.06 bits per heavy atom. The van der Waals surface area contributed by atoms with E-state index in [9.17, 15) is 9.59 Å². The van der Waals surface area contributed by atoms with Crippen LogP contribution in [0.5, 0.6) is 0 Å². The molecule has 1 aromatic carbocycles. The number of nitrogens with one attached hydrogen (secondary N) is 2. The minimum Gasteiger partial charge on any atom is -0.307 e. The van der Waals surface area contributed by atoms with E-state index in [1.807, 2.05) is 0 Å². The highest BCUT2D eigenvalue weighted by atomic mass is 35.5. The van der Waals surface area contributed by atoms with Gasteiger partial charge in [0.25, 0.3) is 0 Å². The quantitative estimate of drug-likeness (QED) is 0.803. The van der Waals surface area contributed by atoms with E-state index in [0.29, 0.717) is 10.7 Å². The van der Waals surface area contributed by atoms with E-state index < -0.39 is 11.9 Å². The van der Waals surface area contributed by atoms with Crippen molar-refractivity contribution in [2.24, 2.45) is 0 Å². The summed E-state index contributed by atoms with van der Waals surface area (Å²) in [7, 11) is 0. The van der Waals surface area contributed by atoms with Gasteiger partial charge in [-0.1, -0.05) is 11.6 Å². The van der Waals surface area contributed by atoms with Gasteiger partial charge in [0.05, 0.1) is 0 Å². The average molecular weight is 261 g/mol. The average Bonchev–Trinajstić information content (AvgIpc) is 2.22. The van der Waals surface area contributed by atoms with Gasteiger partial charge in [0.1, 0.15) is 5.88 Å². The smallest absolute Gasteiger partial charge is 0.307 e. The molecule has 0 radical (unpaired) electrons. The molecule has 0 atom stereocenters. The Kier molecular flexibility index (Phi) is 4.58. The summed E-state index contributed by atoms with van der Waals surface area (Å²) in [6.45, 7) is 1.80. The SMILES string of the molecule is Cc1cc(Cl)ccc1NC(=O)NC(=O)CCl. The van der Waals surface area contributed by atoms with Crippen LogP contribution in [0, 0.1) is 6.92 Å². The van der Waals surface area contributed by atoms with Gasteiger partial charge in [-0.3, -0.25) is 10.1 Å². The fraction of sp³-hybridized carbons (Fsp3) is 0.200. The maximum Gasteiger partial charge on any atom is 0.325 e. The molecule has 0 aliphatic heterocycles. The number of alkyl halides is 1. The molecule has 0 saturated carbocycles. The van der Waals surface area contributed by atoms with Gasteiger partial charge in [-0.25, -0.2) is 4.79 Å². The van der Waals surface area contributed by atoms with Crippen molar-refractivity contribution < 1.29 is 9.59 Å². The number of hydrogen-bond donors (Lipinski definition) is 2. The Morgan fingerprint density at radius 1 is 1.38 bits per heavy atom. The zero-order valence-corrected chi connectivity index (χ0v) is 10.0. The van der Waals surface area contributed by atoms with Crippen molar-refractivity contribution in [2.45, 2.75) is 6.92 Å².